The molecule has 1 amide bonds. The van der Waals surface area contributed by atoms with Gasteiger partial charge in [0, 0.05) is 19.5 Å². The minimum absolute atomic E-state index is 0.0209. The highest BCUT2D eigenvalue weighted by Crippen LogP contribution is 2.39. The second-order valence-corrected chi connectivity index (χ2v) is 7.15. The molecule has 2 aliphatic rings. The van der Waals surface area contributed by atoms with Crippen LogP contribution in [0.25, 0.3) is 0 Å². The van der Waals surface area contributed by atoms with E-state index < -0.39 is 17.3 Å². The molecule has 2 fully saturated rings. The number of likely N-dealkylation sites (tertiary alicyclic amines) is 1. The first-order valence-electron chi connectivity index (χ1n) is 8.42. The molecule has 24 heavy (non-hydrogen) atoms. The second kappa shape index (κ2) is 6.35. The van der Waals surface area contributed by atoms with E-state index in [1.165, 1.54) is 0 Å². The molecule has 2 aliphatic heterocycles. The number of aliphatic hydroxyl groups is 2. The summed E-state index contributed by atoms with van der Waals surface area (Å²) in [6.07, 6.45) is 0.804. The third-order valence-electron chi connectivity index (χ3n) is 5.34. The molecule has 0 radical (unpaired) electrons. The molecule has 2 saturated heterocycles. The molecule has 1 aromatic rings. The number of ether oxygens (including phenoxy) is 1. The fourth-order valence-electron chi connectivity index (χ4n) is 3.70. The Hall–Kier alpha value is -1.63. The van der Waals surface area contributed by atoms with Gasteiger partial charge in [-0.25, -0.2) is 0 Å². The molecular weight excluding hydrogens is 310 g/mol. The summed E-state index contributed by atoms with van der Waals surface area (Å²) >= 11 is 0. The van der Waals surface area contributed by atoms with Crippen LogP contribution in [0.15, 0.2) is 24.3 Å². The van der Waals surface area contributed by atoms with E-state index in [-0.39, 0.29) is 18.1 Å². The molecule has 2 heterocycles. The Kier molecular flexibility index (Phi) is 4.55. The number of piperidine rings is 1. The smallest absolute Gasteiger partial charge is 0.226 e. The van der Waals surface area contributed by atoms with Gasteiger partial charge in [-0.3, -0.25) is 4.79 Å². The van der Waals surface area contributed by atoms with Crippen molar-refractivity contribution in [1.29, 1.82) is 0 Å². The molecule has 0 bridgehead atoms. The largest absolute Gasteiger partial charge is 0.508 e. The van der Waals surface area contributed by atoms with Gasteiger partial charge in [0.05, 0.1) is 18.6 Å². The zero-order valence-electron chi connectivity index (χ0n) is 13.9. The summed E-state index contributed by atoms with van der Waals surface area (Å²) in [5.41, 5.74) is -1.04. The van der Waals surface area contributed by atoms with Gasteiger partial charge >= 0.3 is 0 Å². The van der Waals surface area contributed by atoms with E-state index in [1.807, 2.05) is 0 Å². The SMILES string of the molecule is C[C@@]1(O)CCOC2(CCN(C(=O)Cc3ccc(O)cc3)CC2)[C@H]1O. The van der Waals surface area contributed by atoms with Crippen molar-refractivity contribution >= 4 is 5.91 Å². The quantitative estimate of drug-likeness (QED) is 0.745. The number of carbonyl (C=O) groups excluding carboxylic acids is 1. The van der Waals surface area contributed by atoms with E-state index in [1.54, 1.807) is 36.1 Å². The maximum atomic E-state index is 12.4. The molecule has 2 atom stereocenters. The van der Waals surface area contributed by atoms with Crippen LogP contribution < -0.4 is 0 Å². The van der Waals surface area contributed by atoms with E-state index in [9.17, 15) is 20.1 Å². The molecule has 6 heteroatoms. The van der Waals surface area contributed by atoms with Crippen molar-refractivity contribution < 1.29 is 24.9 Å². The highest BCUT2D eigenvalue weighted by molar-refractivity contribution is 5.79. The average molecular weight is 335 g/mol. The molecule has 132 valence electrons. The van der Waals surface area contributed by atoms with E-state index in [4.69, 9.17) is 4.74 Å². The molecule has 0 aromatic heterocycles. The Morgan fingerprint density at radius 2 is 1.88 bits per heavy atom. The first-order valence-corrected chi connectivity index (χ1v) is 8.42. The molecule has 1 spiro atoms. The lowest BCUT2D eigenvalue weighted by molar-refractivity contribution is -0.245. The summed E-state index contributed by atoms with van der Waals surface area (Å²) in [6, 6.07) is 6.62. The van der Waals surface area contributed by atoms with Gasteiger partial charge < -0.3 is 25.0 Å². The maximum Gasteiger partial charge on any atom is 0.226 e. The molecule has 0 unspecified atom stereocenters. The van der Waals surface area contributed by atoms with Crippen LogP contribution in [-0.4, -0.2) is 63.1 Å². The van der Waals surface area contributed by atoms with Gasteiger partial charge in [0.1, 0.15) is 17.5 Å². The van der Waals surface area contributed by atoms with Crippen LogP contribution in [0, 0.1) is 0 Å². The highest BCUT2D eigenvalue weighted by atomic mass is 16.5. The molecule has 3 N–H and O–H groups in total. The number of phenols is 1. The number of amides is 1. The van der Waals surface area contributed by atoms with Gasteiger partial charge in [0.15, 0.2) is 0 Å². The van der Waals surface area contributed by atoms with Crippen molar-refractivity contribution in [3.05, 3.63) is 29.8 Å². The summed E-state index contributed by atoms with van der Waals surface area (Å²) < 4.78 is 5.84. The summed E-state index contributed by atoms with van der Waals surface area (Å²) in [6.45, 7) is 3.07. The molecule has 0 saturated carbocycles. The number of benzene rings is 1. The van der Waals surface area contributed by atoms with Crippen LogP contribution in [0.1, 0.15) is 31.7 Å². The second-order valence-electron chi connectivity index (χ2n) is 7.15. The monoisotopic (exact) mass is 335 g/mol. The van der Waals surface area contributed by atoms with Crippen molar-refractivity contribution in [3.8, 4) is 5.75 Å². The van der Waals surface area contributed by atoms with Gasteiger partial charge in [-0.05, 0) is 37.5 Å². The van der Waals surface area contributed by atoms with Crippen LogP contribution in [0.5, 0.6) is 5.75 Å². The highest BCUT2D eigenvalue weighted by Gasteiger charge is 2.52. The van der Waals surface area contributed by atoms with E-state index >= 15 is 0 Å². The number of hydrogen-bond donors (Lipinski definition) is 3. The number of rotatable bonds is 2. The Bertz CT molecular complexity index is 590. The number of nitrogens with zero attached hydrogens (tertiary/aromatic N) is 1. The molecule has 0 aliphatic carbocycles. The predicted molar refractivity (Wildman–Crippen MR) is 87.6 cm³/mol. The summed E-state index contributed by atoms with van der Waals surface area (Å²) in [5, 5.41) is 30.1. The minimum atomic E-state index is -1.14. The van der Waals surface area contributed by atoms with Crippen LogP contribution in [0.2, 0.25) is 0 Å². The zero-order valence-corrected chi connectivity index (χ0v) is 13.9. The zero-order chi connectivity index (χ0) is 17.4. The number of phenolic OH excluding ortho intramolecular Hbond substituents is 1. The lowest BCUT2D eigenvalue weighted by Crippen LogP contribution is -2.64. The molecule has 3 rings (SSSR count). The van der Waals surface area contributed by atoms with E-state index in [0.717, 1.165) is 5.56 Å². The maximum absolute atomic E-state index is 12.4. The van der Waals surface area contributed by atoms with Gasteiger partial charge in [0.25, 0.3) is 0 Å². The Morgan fingerprint density at radius 1 is 1.25 bits per heavy atom. The normalized spacial score (nSPS) is 29.6. The van der Waals surface area contributed by atoms with Gasteiger partial charge in [0.2, 0.25) is 5.91 Å². The van der Waals surface area contributed by atoms with Gasteiger partial charge in [-0.2, -0.15) is 0 Å². The van der Waals surface area contributed by atoms with Crippen molar-refractivity contribution in [1.82, 2.24) is 4.90 Å². The Balaban J connectivity index is 1.60. The van der Waals surface area contributed by atoms with Crippen LogP contribution in [0.3, 0.4) is 0 Å². The summed E-state index contributed by atoms with van der Waals surface area (Å²) in [4.78, 5) is 14.2. The Labute approximate surface area is 141 Å². The molecule has 6 nitrogen and oxygen atoms in total. The number of aliphatic hydroxyl groups excluding tert-OH is 1. The van der Waals surface area contributed by atoms with Crippen molar-refractivity contribution in [3.63, 3.8) is 0 Å². The third kappa shape index (κ3) is 3.27. The fourth-order valence-corrected chi connectivity index (χ4v) is 3.70. The number of aromatic hydroxyl groups is 1. The fraction of sp³-hybridized carbons (Fsp3) is 0.611. The van der Waals surface area contributed by atoms with Crippen LogP contribution in [-0.2, 0) is 16.0 Å². The van der Waals surface area contributed by atoms with Crippen LogP contribution >= 0.6 is 0 Å². The number of hydrogen-bond acceptors (Lipinski definition) is 5. The lowest BCUT2D eigenvalue weighted by Gasteiger charge is -2.51. The third-order valence-corrected chi connectivity index (χ3v) is 5.34. The number of carbonyl (C=O) groups is 1. The average Bonchev–Trinajstić information content (AvgIpc) is 2.55. The summed E-state index contributed by atoms with van der Waals surface area (Å²) in [5.74, 6) is 0.203. The van der Waals surface area contributed by atoms with E-state index in [2.05, 4.69) is 0 Å². The minimum Gasteiger partial charge on any atom is -0.508 e. The van der Waals surface area contributed by atoms with Crippen LogP contribution in [0.4, 0.5) is 0 Å². The topological polar surface area (TPSA) is 90.2 Å². The standard InChI is InChI=1S/C18H25NO5/c1-17(23)8-11-24-18(16(17)22)6-9-19(10-7-18)15(21)12-13-2-4-14(20)5-3-13/h2-5,16,20,22-23H,6-12H2,1H3/t16-,17+/m0/s1. The first kappa shape index (κ1) is 17.2. The molecular formula is C18H25NO5. The van der Waals surface area contributed by atoms with Crippen molar-refractivity contribution in [2.75, 3.05) is 19.7 Å². The van der Waals surface area contributed by atoms with Gasteiger partial charge in [-0.15, -0.1) is 0 Å². The molecule has 1 aromatic carbocycles. The van der Waals surface area contributed by atoms with Crippen molar-refractivity contribution in [2.24, 2.45) is 0 Å². The van der Waals surface area contributed by atoms with Gasteiger partial charge in [-0.1, -0.05) is 12.1 Å². The predicted octanol–water partition coefficient (Wildman–Crippen LogP) is 0.828. The summed E-state index contributed by atoms with van der Waals surface area (Å²) in [7, 11) is 0. The van der Waals surface area contributed by atoms with E-state index in [0.29, 0.717) is 39.0 Å². The first-order chi connectivity index (χ1) is 11.3. The lowest BCUT2D eigenvalue weighted by atomic mass is 9.75. The Morgan fingerprint density at radius 3 is 2.50 bits per heavy atom. The van der Waals surface area contributed by atoms with Crippen molar-refractivity contribution in [2.45, 2.75) is 49.9 Å².